The predicted molar refractivity (Wildman–Crippen MR) is 128 cm³/mol. The maximum Gasteiger partial charge on any atom is 0.231 e. The molecule has 5 rings (SSSR count). The van der Waals surface area contributed by atoms with Gasteiger partial charge in [0.15, 0.2) is 11.5 Å². The van der Waals surface area contributed by atoms with Crippen molar-refractivity contribution < 1.29 is 14.3 Å². The first-order valence-electron chi connectivity index (χ1n) is 10.3. The van der Waals surface area contributed by atoms with Crippen LogP contribution in [0.25, 0.3) is 10.9 Å². The highest BCUT2D eigenvalue weighted by atomic mass is 35.5. The van der Waals surface area contributed by atoms with Gasteiger partial charge in [-0.2, -0.15) is 0 Å². The second-order valence-corrected chi connectivity index (χ2v) is 8.97. The highest BCUT2D eigenvalue weighted by molar-refractivity contribution is 8.00. The summed E-state index contributed by atoms with van der Waals surface area (Å²) in [5, 5.41) is 4.86. The molecule has 1 aliphatic heterocycles. The third kappa shape index (κ3) is 4.56. The number of fused-ring (bicyclic) bond motifs is 2. The van der Waals surface area contributed by atoms with Crippen molar-refractivity contribution in [2.45, 2.75) is 18.0 Å². The van der Waals surface area contributed by atoms with Gasteiger partial charge >= 0.3 is 0 Å². The van der Waals surface area contributed by atoms with Gasteiger partial charge in [0.1, 0.15) is 0 Å². The van der Waals surface area contributed by atoms with E-state index in [1.54, 1.807) is 11.8 Å². The Labute approximate surface area is 195 Å². The Hall–Kier alpha value is -3.09. The van der Waals surface area contributed by atoms with Crippen molar-refractivity contribution in [1.29, 1.82) is 0 Å². The zero-order valence-electron chi connectivity index (χ0n) is 17.2. The number of carbonyl (C=O) groups excluding carboxylic acids is 1. The van der Waals surface area contributed by atoms with Gasteiger partial charge in [-0.25, -0.2) is 0 Å². The van der Waals surface area contributed by atoms with Crippen molar-refractivity contribution >= 4 is 40.2 Å². The summed E-state index contributed by atoms with van der Waals surface area (Å²) in [5.74, 6) is 1.80. The molecule has 1 aromatic heterocycles. The zero-order valence-corrected chi connectivity index (χ0v) is 18.8. The van der Waals surface area contributed by atoms with Crippen LogP contribution in [-0.2, 0) is 17.9 Å². The average molecular weight is 465 g/mol. The minimum absolute atomic E-state index is 0.0119. The summed E-state index contributed by atoms with van der Waals surface area (Å²) in [5.41, 5.74) is 3.30. The van der Waals surface area contributed by atoms with Crippen LogP contribution in [0.15, 0.2) is 77.8 Å². The van der Waals surface area contributed by atoms with Gasteiger partial charge < -0.3 is 19.4 Å². The van der Waals surface area contributed by atoms with Gasteiger partial charge in [-0.1, -0.05) is 48.0 Å². The number of rotatable bonds is 7. The molecule has 0 aliphatic carbocycles. The number of amides is 1. The molecule has 162 valence electrons. The molecule has 0 bridgehead atoms. The Morgan fingerprint density at radius 3 is 2.66 bits per heavy atom. The molecular weight excluding hydrogens is 444 g/mol. The van der Waals surface area contributed by atoms with Crippen LogP contribution < -0.4 is 14.8 Å². The molecule has 5 nitrogen and oxygen atoms in total. The van der Waals surface area contributed by atoms with E-state index in [4.69, 9.17) is 21.1 Å². The van der Waals surface area contributed by atoms with Crippen LogP contribution in [-0.4, -0.2) is 23.0 Å². The summed E-state index contributed by atoms with van der Waals surface area (Å²) in [7, 11) is 0. The number of nitrogens with one attached hydrogen (secondary N) is 1. The lowest BCUT2D eigenvalue weighted by molar-refractivity contribution is -0.118. The van der Waals surface area contributed by atoms with Crippen molar-refractivity contribution in [2.24, 2.45) is 0 Å². The van der Waals surface area contributed by atoms with E-state index in [1.165, 1.54) is 5.56 Å². The van der Waals surface area contributed by atoms with Crippen LogP contribution in [0.4, 0.5) is 0 Å². The molecule has 4 aromatic rings. The van der Waals surface area contributed by atoms with Crippen molar-refractivity contribution in [3.05, 3.63) is 89.1 Å². The molecule has 0 saturated carbocycles. The fourth-order valence-corrected chi connectivity index (χ4v) is 4.74. The van der Waals surface area contributed by atoms with Crippen LogP contribution >= 0.6 is 23.4 Å². The maximum absolute atomic E-state index is 12.5. The Kier molecular flexibility index (Phi) is 5.97. The lowest BCUT2D eigenvalue weighted by Crippen LogP contribution is -2.24. The summed E-state index contributed by atoms with van der Waals surface area (Å²) < 4.78 is 12.9. The number of nitrogens with zero attached hydrogens (tertiary/aromatic N) is 1. The van der Waals surface area contributed by atoms with E-state index in [2.05, 4.69) is 28.2 Å². The first-order chi connectivity index (χ1) is 15.7. The standard InChI is InChI=1S/C25H21ClN2O3S/c26-19-8-5-17(6-9-19)13-28-14-24(20-3-1-2-4-21(20)28)32-15-25(29)27-12-18-7-10-22-23(11-18)31-16-30-22/h1-11,14H,12-13,15-16H2,(H,27,29). The van der Waals surface area contributed by atoms with Crippen LogP contribution in [0.1, 0.15) is 11.1 Å². The number of hydrogen-bond acceptors (Lipinski definition) is 4. The fourth-order valence-electron chi connectivity index (χ4n) is 3.69. The molecule has 0 spiro atoms. The molecule has 0 unspecified atom stereocenters. The highest BCUT2D eigenvalue weighted by Crippen LogP contribution is 2.33. The van der Waals surface area contributed by atoms with Gasteiger partial charge in [0.05, 0.1) is 5.75 Å². The van der Waals surface area contributed by atoms with Crippen molar-refractivity contribution in [1.82, 2.24) is 9.88 Å². The first kappa shape index (κ1) is 20.8. The molecule has 32 heavy (non-hydrogen) atoms. The van der Waals surface area contributed by atoms with E-state index in [9.17, 15) is 4.79 Å². The van der Waals surface area contributed by atoms with Gasteiger partial charge in [0.25, 0.3) is 0 Å². The van der Waals surface area contributed by atoms with Gasteiger partial charge in [-0.05, 0) is 41.5 Å². The largest absolute Gasteiger partial charge is 0.454 e. The number of hydrogen-bond donors (Lipinski definition) is 1. The van der Waals surface area contributed by atoms with Crippen molar-refractivity contribution in [2.75, 3.05) is 12.5 Å². The average Bonchev–Trinajstić information content (AvgIpc) is 3.42. The molecular formula is C25H21ClN2O3S. The van der Waals surface area contributed by atoms with Gasteiger partial charge in [-0.3, -0.25) is 4.79 Å². The number of aromatic nitrogens is 1. The van der Waals surface area contributed by atoms with E-state index in [0.717, 1.165) is 44.4 Å². The lowest BCUT2D eigenvalue weighted by atomic mass is 10.2. The smallest absolute Gasteiger partial charge is 0.231 e. The minimum Gasteiger partial charge on any atom is -0.454 e. The topological polar surface area (TPSA) is 52.5 Å². The quantitative estimate of drug-likeness (QED) is 0.368. The second-order valence-electron chi connectivity index (χ2n) is 7.52. The molecule has 0 atom stereocenters. The van der Waals surface area contributed by atoms with E-state index in [-0.39, 0.29) is 12.7 Å². The van der Waals surface area contributed by atoms with Crippen molar-refractivity contribution in [3.8, 4) is 11.5 Å². The van der Waals surface area contributed by atoms with Crippen molar-refractivity contribution in [3.63, 3.8) is 0 Å². The van der Waals surface area contributed by atoms with Crippen LogP contribution in [0.2, 0.25) is 5.02 Å². The SMILES string of the molecule is O=C(CSc1cn(Cc2ccc(Cl)cc2)c2ccccc12)NCc1ccc2c(c1)OCO2. The summed E-state index contributed by atoms with van der Waals surface area (Å²) in [4.78, 5) is 13.6. The lowest BCUT2D eigenvalue weighted by Gasteiger charge is -2.06. The number of carbonyl (C=O) groups is 1. The van der Waals surface area contributed by atoms with Gasteiger partial charge in [0, 0.05) is 40.1 Å². The molecule has 3 aromatic carbocycles. The Balaban J connectivity index is 1.24. The van der Waals surface area contributed by atoms with Crippen LogP contribution in [0, 0.1) is 0 Å². The van der Waals surface area contributed by atoms with Gasteiger partial charge in [0.2, 0.25) is 12.7 Å². The summed E-state index contributed by atoms with van der Waals surface area (Å²) in [6.45, 7) is 1.44. The highest BCUT2D eigenvalue weighted by Gasteiger charge is 2.14. The number of thioether (sulfide) groups is 1. The van der Waals surface area contributed by atoms with E-state index >= 15 is 0 Å². The van der Waals surface area contributed by atoms with E-state index in [1.807, 2.05) is 54.6 Å². The van der Waals surface area contributed by atoms with E-state index < -0.39 is 0 Å². The van der Waals surface area contributed by atoms with Crippen LogP contribution in [0.3, 0.4) is 0 Å². The molecule has 0 saturated heterocycles. The molecule has 0 fully saturated rings. The number of ether oxygens (including phenoxy) is 2. The summed E-state index contributed by atoms with van der Waals surface area (Å²) in [6.07, 6.45) is 2.12. The number of halogens is 1. The monoisotopic (exact) mass is 464 g/mol. The predicted octanol–water partition coefficient (Wildman–Crippen LogP) is 5.48. The number of benzene rings is 3. The molecule has 1 amide bonds. The molecule has 1 aliphatic rings. The summed E-state index contributed by atoms with van der Waals surface area (Å²) in [6, 6.07) is 21.9. The number of para-hydroxylation sites is 1. The molecule has 1 N–H and O–H groups in total. The minimum atomic E-state index is -0.0119. The maximum atomic E-state index is 12.5. The molecule has 7 heteroatoms. The Bertz CT molecular complexity index is 1270. The molecule has 2 heterocycles. The van der Waals surface area contributed by atoms with Gasteiger partial charge in [-0.15, -0.1) is 11.8 Å². The van der Waals surface area contributed by atoms with E-state index in [0.29, 0.717) is 12.3 Å². The fraction of sp³-hybridized carbons (Fsp3) is 0.160. The Morgan fingerprint density at radius 1 is 1.00 bits per heavy atom. The Morgan fingerprint density at radius 2 is 1.78 bits per heavy atom. The second kappa shape index (κ2) is 9.18. The third-order valence-corrected chi connectivity index (χ3v) is 6.60. The molecule has 0 radical (unpaired) electrons. The zero-order chi connectivity index (χ0) is 21.9. The normalized spacial score (nSPS) is 12.3. The third-order valence-electron chi connectivity index (χ3n) is 5.30. The first-order valence-corrected chi connectivity index (χ1v) is 11.6. The van der Waals surface area contributed by atoms with Crippen LogP contribution in [0.5, 0.6) is 11.5 Å². The summed E-state index contributed by atoms with van der Waals surface area (Å²) >= 11 is 7.56.